The average molecular weight is 485 g/mol. The van der Waals surface area contributed by atoms with Gasteiger partial charge in [0.25, 0.3) is 8.32 Å². The van der Waals surface area contributed by atoms with E-state index in [-0.39, 0.29) is 35.7 Å². The largest absolute Gasteiger partial charge is 0.469 e. The summed E-state index contributed by atoms with van der Waals surface area (Å²) in [5, 5.41) is 2.27. The van der Waals surface area contributed by atoms with Gasteiger partial charge in [-0.3, -0.25) is 4.79 Å². The first kappa shape index (κ1) is 25.1. The minimum absolute atomic E-state index is 0.118. The third kappa shape index (κ3) is 4.72. The quantitative estimate of drug-likeness (QED) is 0.443. The second-order valence-corrected chi connectivity index (χ2v) is 14.8. The van der Waals surface area contributed by atoms with Crippen molar-refractivity contribution in [1.82, 2.24) is 0 Å². The predicted octanol–water partition coefficient (Wildman–Crippen LogP) is 3.41. The van der Waals surface area contributed by atoms with Crippen molar-refractivity contribution in [1.29, 1.82) is 0 Å². The van der Waals surface area contributed by atoms with E-state index in [2.05, 4.69) is 69.3 Å². The number of methoxy groups -OCH3 is 1. The van der Waals surface area contributed by atoms with Crippen molar-refractivity contribution in [2.24, 2.45) is 0 Å². The van der Waals surface area contributed by atoms with Crippen LogP contribution in [0.15, 0.2) is 60.7 Å². The Morgan fingerprint density at radius 1 is 0.912 bits per heavy atom. The molecule has 34 heavy (non-hydrogen) atoms. The number of hydrogen-bond donors (Lipinski definition) is 0. The Morgan fingerprint density at radius 3 is 1.88 bits per heavy atom. The summed E-state index contributed by atoms with van der Waals surface area (Å²) in [7, 11) is -1.34. The Morgan fingerprint density at radius 2 is 1.41 bits per heavy atom. The van der Waals surface area contributed by atoms with E-state index in [1.54, 1.807) is 0 Å². The monoisotopic (exact) mass is 484 g/mol. The first-order chi connectivity index (χ1) is 16.1. The zero-order chi connectivity index (χ0) is 24.6. The average Bonchev–Trinajstić information content (AvgIpc) is 3.28. The molecule has 4 rings (SSSR count). The van der Waals surface area contributed by atoms with E-state index in [1.807, 2.05) is 26.0 Å². The van der Waals surface area contributed by atoms with E-state index < -0.39 is 20.2 Å². The SMILES string of the molecule is COC(=O)C[C@H]1O[C@H](CO[Si](c2ccccc2)(c2ccccc2)C(C)(C)C)[C@H]2OC(C)(C)O[C@H]21. The molecule has 7 heteroatoms. The highest BCUT2D eigenvalue weighted by molar-refractivity contribution is 6.99. The van der Waals surface area contributed by atoms with E-state index in [9.17, 15) is 4.79 Å². The van der Waals surface area contributed by atoms with Gasteiger partial charge in [0.05, 0.1) is 26.2 Å². The fourth-order valence-electron chi connectivity index (χ4n) is 5.29. The number of carbonyl (C=O) groups is 1. The lowest BCUT2D eigenvalue weighted by atomic mass is 10.1. The normalized spacial score (nSPS) is 26.3. The molecular weight excluding hydrogens is 448 g/mol. The van der Waals surface area contributed by atoms with Crippen LogP contribution in [0.2, 0.25) is 5.04 Å². The molecule has 0 bridgehead atoms. The highest BCUT2D eigenvalue weighted by Gasteiger charge is 2.57. The molecule has 2 aliphatic heterocycles. The van der Waals surface area contributed by atoms with Crippen LogP contribution in [-0.4, -0.2) is 58.2 Å². The second-order valence-electron chi connectivity index (χ2n) is 10.5. The standard InChI is InChI=1S/C27H36O6Si/c1-26(2,3)34(19-13-9-7-10-14-19,20-15-11-8-12-16-20)30-18-22-25-24(32-27(4,5)33-25)21(31-22)17-23(28)29-6/h7-16,21-22,24-25H,17-18H2,1-6H3/t21-,22-,24+,25-/m1/s1. The first-order valence-corrected chi connectivity index (χ1v) is 13.8. The van der Waals surface area contributed by atoms with Gasteiger partial charge in [-0.2, -0.15) is 0 Å². The third-order valence-electron chi connectivity index (χ3n) is 6.72. The molecule has 0 saturated carbocycles. The molecule has 0 aromatic heterocycles. The van der Waals surface area contributed by atoms with Crippen LogP contribution < -0.4 is 10.4 Å². The number of fused-ring (bicyclic) bond motifs is 1. The zero-order valence-electron chi connectivity index (χ0n) is 20.9. The molecule has 0 radical (unpaired) electrons. The predicted molar refractivity (Wildman–Crippen MR) is 133 cm³/mol. The molecule has 0 N–H and O–H groups in total. The number of esters is 1. The van der Waals surface area contributed by atoms with Crippen LogP contribution >= 0.6 is 0 Å². The van der Waals surface area contributed by atoms with Crippen LogP contribution in [0, 0.1) is 0 Å². The molecule has 2 saturated heterocycles. The van der Waals surface area contributed by atoms with Crippen molar-refractivity contribution in [2.75, 3.05) is 13.7 Å². The van der Waals surface area contributed by atoms with E-state index in [1.165, 1.54) is 17.5 Å². The number of rotatable bonds is 7. The van der Waals surface area contributed by atoms with Gasteiger partial charge in [-0.1, -0.05) is 81.4 Å². The van der Waals surface area contributed by atoms with E-state index >= 15 is 0 Å². The van der Waals surface area contributed by atoms with Crippen molar-refractivity contribution in [2.45, 2.75) is 76.3 Å². The lowest BCUT2D eigenvalue weighted by Crippen LogP contribution is -2.67. The molecule has 2 aliphatic rings. The second kappa shape index (κ2) is 9.55. The Balaban J connectivity index is 1.67. The van der Waals surface area contributed by atoms with Gasteiger partial charge in [0.2, 0.25) is 0 Å². The van der Waals surface area contributed by atoms with Crippen molar-refractivity contribution in [3.63, 3.8) is 0 Å². The minimum Gasteiger partial charge on any atom is -0.469 e. The molecule has 0 unspecified atom stereocenters. The van der Waals surface area contributed by atoms with E-state index in [0.29, 0.717) is 6.61 Å². The number of carbonyl (C=O) groups excluding carboxylic acids is 1. The van der Waals surface area contributed by atoms with Crippen molar-refractivity contribution in [3.8, 4) is 0 Å². The highest BCUT2D eigenvalue weighted by Crippen LogP contribution is 2.42. The van der Waals surface area contributed by atoms with Gasteiger partial charge in [0.15, 0.2) is 5.79 Å². The van der Waals surface area contributed by atoms with Gasteiger partial charge in [-0.05, 0) is 29.3 Å². The third-order valence-corrected chi connectivity index (χ3v) is 11.7. The smallest absolute Gasteiger partial charge is 0.308 e. The summed E-state index contributed by atoms with van der Waals surface area (Å²) in [6.07, 6.45) is -1.34. The summed E-state index contributed by atoms with van der Waals surface area (Å²) >= 11 is 0. The topological polar surface area (TPSA) is 63.2 Å². The van der Waals surface area contributed by atoms with Crippen molar-refractivity contribution < 1.29 is 28.2 Å². The van der Waals surface area contributed by atoms with Crippen molar-refractivity contribution in [3.05, 3.63) is 60.7 Å². The van der Waals surface area contributed by atoms with Crippen LogP contribution in [0.3, 0.4) is 0 Å². The number of hydrogen-bond acceptors (Lipinski definition) is 6. The summed E-state index contributed by atoms with van der Waals surface area (Å²) in [5.41, 5.74) is 0. The van der Waals surface area contributed by atoms with Crippen LogP contribution in [0.1, 0.15) is 41.0 Å². The van der Waals surface area contributed by atoms with Gasteiger partial charge < -0.3 is 23.4 Å². The zero-order valence-corrected chi connectivity index (χ0v) is 21.9. The van der Waals surface area contributed by atoms with Gasteiger partial charge in [-0.15, -0.1) is 0 Å². The summed E-state index contributed by atoms with van der Waals surface area (Å²) in [6.45, 7) is 10.9. The Kier molecular flexibility index (Phi) is 7.04. The molecule has 2 aromatic rings. The maximum atomic E-state index is 12.0. The molecule has 0 spiro atoms. The Bertz CT molecular complexity index is 932. The summed E-state index contributed by atoms with van der Waals surface area (Å²) in [6, 6.07) is 21.0. The number of ether oxygens (including phenoxy) is 4. The van der Waals surface area contributed by atoms with E-state index in [0.717, 1.165) is 0 Å². The van der Waals surface area contributed by atoms with Crippen LogP contribution in [0.25, 0.3) is 0 Å². The Labute approximate surface area is 203 Å². The maximum Gasteiger partial charge on any atom is 0.308 e. The van der Waals surface area contributed by atoms with Crippen LogP contribution in [0.4, 0.5) is 0 Å². The summed E-state index contributed by atoms with van der Waals surface area (Å²) < 4.78 is 30.6. The molecule has 6 nitrogen and oxygen atoms in total. The molecule has 0 aliphatic carbocycles. The molecule has 2 heterocycles. The fraction of sp³-hybridized carbons (Fsp3) is 0.519. The van der Waals surface area contributed by atoms with Gasteiger partial charge in [0, 0.05) is 0 Å². The molecule has 4 atom stereocenters. The minimum atomic E-state index is -2.73. The maximum absolute atomic E-state index is 12.0. The van der Waals surface area contributed by atoms with Crippen molar-refractivity contribution >= 4 is 24.7 Å². The highest BCUT2D eigenvalue weighted by atomic mass is 28.4. The lowest BCUT2D eigenvalue weighted by molar-refractivity contribution is -0.192. The van der Waals surface area contributed by atoms with Gasteiger partial charge >= 0.3 is 5.97 Å². The Hall–Kier alpha value is -2.03. The molecular formula is C27H36O6Si. The van der Waals surface area contributed by atoms with E-state index in [4.69, 9.17) is 23.4 Å². The fourth-order valence-corrected chi connectivity index (χ4v) is 9.86. The number of benzene rings is 2. The summed E-state index contributed by atoms with van der Waals surface area (Å²) in [5.74, 6) is -1.08. The molecule has 2 aromatic carbocycles. The van der Waals surface area contributed by atoms with Crippen LogP contribution in [0.5, 0.6) is 0 Å². The lowest BCUT2D eigenvalue weighted by Gasteiger charge is -2.43. The van der Waals surface area contributed by atoms with Gasteiger partial charge in [0.1, 0.15) is 18.3 Å². The molecule has 2 fully saturated rings. The summed E-state index contributed by atoms with van der Waals surface area (Å²) in [4.78, 5) is 12.0. The first-order valence-electron chi connectivity index (χ1n) is 11.9. The molecule has 184 valence electrons. The van der Waals surface area contributed by atoms with Gasteiger partial charge in [-0.25, -0.2) is 0 Å². The van der Waals surface area contributed by atoms with Crippen LogP contribution in [-0.2, 0) is 28.2 Å². The molecule has 0 amide bonds.